The van der Waals surface area contributed by atoms with Crippen molar-refractivity contribution in [3.8, 4) is 5.69 Å². The first-order valence-electron chi connectivity index (χ1n) is 7.83. The average Bonchev–Trinajstić information content (AvgIpc) is 3.02. The molecule has 122 valence electrons. The molecule has 0 unspecified atom stereocenters. The Balaban J connectivity index is 1.77. The van der Waals surface area contributed by atoms with Crippen LogP contribution in [0, 0.1) is 0 Å². The molecule has 1 heterocycles. The van der Waals surface area contributed by atoms with Gasteiger partial charge in [0.2, 0.25) is 5.91 Å². The SMILES string of the molecule is CC(C)OCCCNC(=O)C=Cc1cnn(-c2ccccc2)c1. The lowest BCUT2D eigenvalue weighted by Crippen LogP contribution is -2.23. The summed E-state index contributed by atoms with van der Waals surface area (Å²) in [4.78, 5) is 11.7. The van der Waals surface area contributed by atoms with Gasteiger partial charge in [-0.15, -0.1) is 0 Å². The molecular formula is C18H23N3O2. The number of rotatable bonds is 8. The minimum atomic E-state index is -0.109. The number of hydrogen-bond donors (Lipinski definition) is 1. The summed E-state index contributed by atoms with van der Waals surface area (Å²) in [5.41, 5.74) is 1.87. The summed E-state index contributed by atoms with van der Waals surface area (Å²) in [5, 5.41) is 7.12. The molecule has 23 heavy (non-hydrogen) atoms. The van der Waals surface area contributed by atoms with Crippen LogP contribution in [0.25, 0.3) is 11.8 Å². The van der Waals surface area contributed by atoms with Gasteiger partial charge in [0.05, 0.1) is 18.0 Å². The number of aromatic nitrogens is 2. The molecule has 0 radical (unpaired) electrons. The van der Waals surface area contributed by atoms with Gasteiger partial charge in [0.15, 0.2) is 0 Å². The fourth-order valence-corrected chi connectivity index (χ4v) is 1.98. The highest BCUT2D eigenvalue weighted by Gasteiger charge is 1.99. The summed E-state index contributed by atoms with van der Waals surface area (Å²) in [6, 6.07) is 9.84. The number of carbonyl (C=O) groups is 1. The third-order valence-electron chi connectivity index (χ3n) is 3.12. The number of amides is 1. The minimum absolute atomic E-state index is 0.109. The minimum Gasteiger partial charge on any atom is -0.379 e. The van der Waals surface area contributed by atoms with E-state index >= 15 is 0 Å². The molecule has 0 aliphatic carbocycles. The number of para-hydroxylation sites is 1. The second-order valence-corrected chi connectivity index (χ2v) is 5.45. The van der Waals surface area contributed by atoms with Crippen molar-refractivity contribution in [1.82, 2.24) is 15.1 Å². The molecule has 0 saturated carbocycles. The van der Waals surface area contributed by atoms with Gasteiger partial charge in [0.1, 0.15) is 0 Å². The predicted octanol–water partition coefficient (Wildman–Crippen LogP) is 2.82. The highest BCUT2D eigenvalue weighted by molar-refractivity contribution is 5.91. The van der Waals surface area contributed by atoms with Gasteiger partial charge < -0.3 is 10.1 Å². The van der Waals surface area contributed by atoms with E-state index in [4.69, 9.17) is 4.74 Å². The molecule has 0 saturated heterocycles. The second kappa shape index (κ2) is 8.90. The van der Waals surface area contributed by atoms with Crippen molar-refractivity contribution >= 4 is 12.0 Å². The number of carbonyl (C=O) groups excluding carboxylic acids is 1. The largest absolute Gasteiger partial charge is 0.379 e. The molecule has 0 spiro atoms. The zero-order chi connectivity index (χ0) is 16.5. The lowest BCUT2D eigenvalue weighted by atomic mass is 10.3. The fourth-order valence-electron chi connectivity index (χ4n) is 1.98. The molecule has 1 N–H and O–H groups in total. The lowest BCUT2D eigenvalue weighted by molar-refractivity contribution is -0.116. The van der Waals surface area contributed by atoms with Gasteiger partial charge in [-0.25, -0.2) is 4.68 Å². The molecule has 1 aromatic carbocycles. The zero-order valence-electron chi connectivity index (χ0n) is 13.6. The zero-order valence-corrected chi connectivity index (χ0v) is 13.6. The van der Waals surface area contributed by atoms with Gasteiger partial charge in [0.25, 0.3) is 0 Å². The first-order chi connectivity index (χ1) is 11.1. The van der Waals surface area contributed by atoms with Crippen molar-refractivity contribution in [1.29, 1.82) is 0 Å². The summed E-state index contributed by atoms with van der Waals surface area (Å²) in [6.07, 6.45) is 7.93. The second-order valence-electron chi connectivity index (χ2n) is 5.45. The molecule has 0 atom stereocenters. The van der Waals surface area contributed by atoms with E-state index in [0.717, 1.165) is 17.7 Å². The van der Waals surface area contributed by atoms with Crippen LogP contribution in [0.1, 0.15) is 25.8 Å². The number of nitrogens with one attached hydrogen (secondary N) is 1. The number of benzene rings is 1. The van der Waals surface area contributed by atoms with E-state index in [1.807, 2.05) is 50.4 Å². The Morgan fingerprint density at radius 1 is 1.35 bits per heavy atom. The van der Waals surface area contributed by atoms with Gasteiger partial charge in [-0.2, -0.15) is 5.10 Å². The van der Waals surface area contributed by atoms with Crippen molar-refractivity contribution in [3.05, 3.63) is 54.4 Å². The summed E-state index contributed by atoms with van der Waals surface area (Å²) in [6.45, 7) is 5.26. The standard InChI is InChI=1S/C18H23N3O2/c1-15(2)23-12-6-11-19-18(22)10-9-16-13-20-21(14-16)17-7-4-3-5-8-17/h3-5,7-10,13-15H,6,11-12H2,1-2H3,(H,19,22). The van der Waals surface area contributed by atoms with Gasteiger partial charge in [0, 0.05) is 31.0 Å². The van der Waals surface area contributed by atoms with E-state index in [-0.39, 0.29) is 12.0 Å². The molecular weight excluding hydrogens is 290 g/mol. The first-order valence-corrected chi connectivity index (χ1v) is 7.83. The Hall–Kier alpha value is -2.40. The van der Waals surface area contributed by atoms with Crippen molar-refractivity contribution < 1.29 is 9.53 Å². The smallest absolute Gasteiger partial charge is 0.244 e. The monoisotopic (exact) mass is 313 g/mol. The maximum atomic E-state index is 11.7. The Labute approximate surface area is 137 Å². The Kier molecular flexibility index (Phi) is 6.56. The topological polar surface area (TPSA) is 56.1 Å². The van der Waals surface area contributed by atoms with E-state index < -0.39 is 0 Å². The van der Waals surface area contributed by atoms with E-state index in [1.54, 1.807) is 17.0 Å². The molecule has 5 heteroatoms. The van der Waals surface area contributed by atoms with Gasteiger partial charge >= 0.3 is 0 Å². The number of nitrogens with zero attached hydrogens (tertiary/aromatic N) is 2. The van der Waals surface area contributed by atoms with Gasteiger partial charge in [-0.1, -0.05) is 18.2 Å². The van der Waals surface area contributed by atoms with Crippen LogP contribution in [0.15, 0.2) is 48.8 Å². The molecule has 1 aromatic heterocycles. The van der Waals surface area contributed by atoms with Crippen LogP contribution in [0.2, 0.25) is 0 Å². The van der Waals surface area contributed by atoms with Crippen LogP contribution in [0.4, 0.5) is 0 Å². The van der Waals surface area contributed by atoms with E-state index in [0.29, 0.717) is 13.2 Å². The predicted molar refractivity (Wildman–Crippen MR) is 91.3 cm³/mol. The van der Waals surface area contributed by atoms with Crippen molar-refractivity contribution in [2.24, 2.45) is 0 Å². The Morgan fingerprint density at radius 3 is 2.87 bits per heavy atom. The van der Waals surface area contributed by atoms with Crippen molar-refractivity contribution in [2.45, 2.75) is 26.4 Å². The van der Waals surface area contributed by atoms with Crippen LogP contribution < -0.4 is 5.32 Å². The van der Waals surface area contributed by atoms with Crippen molar-refractivity contribution in [3.63, 3.8) is 0 Å². The average molecular weight is 313 g/mol. The van der Waals surface area contributed by atoms with Crippen LogP contribution in [0.3, 0.4) is 0 Å². The summed E-state index contributed by atoms with van der Waals surface area (Å²) >= 11 is 0. The molecule has 1 amide bonds. The molecule has 2 aromatic rings. The highest BCUT2D eigenvalue weighted by Crippen LogP contribution is 2.08. The van der Waals surface area contributed by atoms with Crippen LogP contribution in [0.5, 0.6) is 0 Å². The van der Waals surface area contributed by atoms with E-state index in [1.165, 1.54) is 6.08 Å². The van der Waals surface area contributed by atoms with Gasteiger partial charge in [-0.05, 0) is 38.5 Å². The third kappa shape index (κ3) is 6.08. The molecule has 0 fully saturated rings. The Morgan fingerprint density at radius 2 is 2.13 bits per heavy atom. The van der Waals surface area contributed by atoms with E-state index in [9.17, 15) is 4.79 Å². The molecule has 0 aliphatic heterocycles. The molecule has 2 rings (SSSR count). The summed E-state index contributed by atoms with van der Waals surface area (Å²) in [7, 11) is 0. The quantitative estimate of drug-likeness (QED) is 0.602. The normalized spacial score (nSPS) is 11.3. The lowest BCUT2D eigenvalue weighted by Gasteiger charge is -2.07. The summed E-state index contributed by atoms with van der Waals surface area (Å²) < 4.78 is 7.20. The highest BCUT2D eigenvalue weighted by atomic mass is 16.5. The number of hydrogen-bond acceptors (Lipinski definition) is 3. The molecule has 0 bridgehead atoms. The molecule has 5 nitrogen and oxygen atoms in total. The van der Waals surface area contributed by atoms with Crippen molar-refractivity contribution in [2.75, 3.05) is 13.2 Å². The summed E-state index contributed by atoms with van der Waals surface area (Å²) in [5.74, 6) is -0.109. The van der Waals surface area contributed by atoms with Gasteiger partial charge in [-0.3, -0.25) is 4.79 Å². The first kappa shape index (κ1) is 17.0. The fraction of sp³-hybridized carbons (Fsp3) is 0.333. The van der Waals surface area contributed by atoms with Crippen LogP contribution in [-0.4, -0.2) is 34.9 Å². The van der Waals surface area contributed by atoms with E-state index in [2.05, 4.69) is 10.4 Å². The Bertz CT molecular complexity index is 633. The maximum absolute atomic E-state index is 11.7. The maximum Gasteiger partial charge on any atom is 0.244 e. The molecule has 0 aliphatic rings. The third-order valence-corrected chi connectivity index (χ3v) is 3.12. The van der Waals surface area contributed by atoms with Crippen LogP contribution >= 0.6 is 0 Å². The van der Waals surface area contributed by atoms with Crippen LogP contribution in [-0.2, 0) is 9.53 Å². The number of ether oxygens (including phenoxy) is 1.